The van der Waals surface area contributed by atoms with Crippen LogP contribution in [0.2, 0.25) is 0 Å². The number of aliphatic hydroxyl groups excluding tert-OH is 2. The predicted molar refractivity (Wildman–Crippen MR) is 124 cm³/mol. The number of rotatable bonds is 7. The van der Waals surface area contributed by atoms with Crippen LogP contribution in [0.1, 0.15) is 36.1 Å². The summed E-state index contributed by atoms with van der Waals surface area (Å²) in [7, 11) is 3.04. The van der Waals surface area contributed by atoms with E-state index in [1.807, 2.05) is 6.92 Å². The molecule has 5 unspecified atom stereocenters. The number of aliphatic hydroxyl groups is 3. The molecule has 3 saturated carbocycles. The van der Waals surface area contributed by atoms with Crippen LogP contribution in [0.3, 0.4) is 0 Å². The summed E-state index contributed by atoms with van der Waals surface area (Å²) in [6.45, 7) is 2.65. The minimum absolute atomic E-state index is 0.338. The number of fused-ring (bicyclic) bond motifs is 1. The smallest absolute Gasteiger partial charge is 0.232 e. The zero-order chi connectivity index (χ0) is 24.0. The number of nitrogens with zero attached hydrogens (tertiary/aromatic N) is 3. The van der Waals surface area contributed by atoms with Gasteiger partial charge in [0.15, 0.2) is 0 Å². The van der Waals surface area contributed by atoms with Gasteiger partial charge in [-0.25, -0.2) is 4.98 Å². The van der Waals surface area contributed by atoms with Crippen molar-refractivity contribution in [3.63, 3.8) is 0 Å². The third-order valence-electron chi connectivity index (χ3n) is 6.92. The molecular weight excluding hydrogens is 438 g/mol. The Hall–Kier alpha value is -3.13. The van der Waals surface area contributed by atoms with Crippen molar-refractivity contribution in [3.05, 3.63) is 29.0 Å². The average molecular weight is 468 g/mol. The van der Waals surface area contributed by atoms with E-state index in [2.05, 4.69) is 37.4 Å². The first-order valence-electron chi connectivity index (χ1n) is 11.4. The second-order valence-corrected chi connectivity index (χ2v) is 9.21. The van der Waals surface area contributed by atoms with Crippen LogP contribution in [-0.4, -0.2) is 74.9 Å². The molecule has 10 heteroatoms. The van der Waals surface area contributed by atoms with Gasteiger partial charge in [-0.05, 0) is 38.2 Å². The SMILES string of the molecule is COc1ccc(C#Cc2c(C)nc(NCC3CC3)nc2NC2CC3C(O)C3(O)C2O)c(OC)n1. The third-order valence-corrected chi connectivity index (χ3v) is 6.92. The van der Waals surface area contributed by atoms with Gasteiger partial charge in [-0.2, -0.15) is 9.97 Å². The Labute approximate surface area is 197 Å². The van der Waals surface area contributed by atoms with Crippen molar-refractivity contribution in [1.82, 2.24) is 15.0 Å². The van der Waals surface area contributed by atoms with Gasteiger partial charge in [0.2, 0.25) is 17.7 Å². The molecule has 0 bridgehead atoms. The van der Waals surface area contributed by atoms with Crippen LogP contribution in [0.4, 0.5) is 11.8 Å². The molecule has 10 nitrogen and oxygen atoms in total. The van der Waals surface area contributed by atoms with Crippen LogP contribution < -0.4 is 20.1 Å². The summed E-state index contributed by atoms with van der Waals surface area (Å²) >= 11 is 0. The molecule has 0 saturated heterocycles. The highest BCUT2D eigenvalue weighted by atomic mass is 16.5. The first-order chi connectivity index (χ1) is 16.3. The molecule has 3 aliphatic rings. The van der Waals surface area contributed by atoms with Crippen molar-refractivity contribution in [2.45, 2.75) is 50.0 Å². The van der Waals surface area contributed by atoms with E-state index in [1.165, 1.54) is 27.1 Å². The predicted octanol–water partition coefficient (Wildman–Crippen LogP) is 0.686. The second kappa shape index (κ2) is 8.58. The molecule has 0 amide bonds. The summed E-state index contributed by atoms with van der Waals surface area (Å²) in [6, 6.07) is 2.99. The van der Waals surface area contributed by atoms with Crippen LogP contribution in [0.25, 0.3) is 0 Å². The van der Waals surface area contributed by atoms with Gasteiger partial charge in [0.1, 0.15) is 17.5 Å². The van der Waals surface area contributed by atoms with Gasteiger partial charge in [-0.1, -0.05) is 11.8 Å². The van der Waals surface area contributed by atoms with Gasteiger partial charge in [0, 0.05) is 18.5 Å². The lowest BCUT2D eigenvalue weighted by Gasteiger charge is -2.24. The highest BCUT2D eigenvalue weighted by Gasteiger charge is 2.74. The first kappa shape index (κ1) is 22.7. The molecule has 2 aromatic rings. The van der Waals surface area contributed by atoms with Crippen LogP contribution >= 0.6 is 0 Å². The fraction of sp³-hybridized carbons (Fsp3) is 0.542. The Balaban J connectivity index is 1.46. The zero-order valence-corrected chi connectivity index (χ0v) is 19.4. The quantitative estimate of drug-likeness (QED) is 0.369. The molecular formula is C24H29N5O5. The van der Waals surface area contributed by atoms with E-state index in [0.717, 1.165) is 6.54 Å². The molecule has 5 rings (SSSR count). The molecule has 2 aromatic heterocycles. The fourth-order valence-corrected chi connectivity index (χ4v) is 4.58. The molecule has 0 aromatic carbocycles. The summed E-state index contributed by atoms with van der Waals surface area (Å²) in [5, 5.41) is 37.6. The topological polar surface area (TPSA) is 142 Å². The highest BCUT2D eigenvalue weighted by molar-refractivity contribution is 5.61. The molecule has 5 atom stereocenters. The van der Waals surface area contributed by atoms with Crippen molar-refractivity contribution < 1.29 is 24.8 Å². The monoisotopic (exact) mass is 467 g/mol. The molecule has 0 aliphatic heterocycles. The van der Waals surface area contributed by atoms with E-state index in [4.69, 9.17) is 9.47 Å². The molecule has 3 aliphatic carbocycles. The standard InChI is InChI=1S/C24H29N5O5/c1-12-15(8-6-14-7-9-18(33-2)28-22(14)34-3)21(29-23(26-12)25-11-13-4-5-13)27-17-10-16-19(30)24(16,32)20(17)31/h7,9,13,16-17,19-20,30-32H,4-5,10-11H2,1-3H3,(H2,25,26,27,29). The summed E-state index contributed by atoms with van der Waals surface area (Å²) in [6.07, 6.45) is 0.828. The van der Waals surface area contributed by atoms with Crippen LogP contribution in [0.15, 0.2) is 12.1 Å². The van der Waals surface area contributed by atoms with E-state index >= 15 is 0 Å². The van der Waals surface area contributed by atoms with Gasteiger partial charge in [0.25, 0.3) is 0 Å². The Morgan fingerprint density at radius 3 is 2.53 bits per heavy atom. The van der Waals surface area contributed by atoms with Crippen molar-refractivity contribution >= 4 is 11.8 Å². The van der Waals surface area contributed by atoms with Crippen LogP contribution in [0.5, 0.6) is 11.8 Å². The molecule has 34 heavy (non-hydrogen) atoms. The lowest BCUT2D eigenvalue weighted by molar-refractivity contribution is -0.0262. The number of aromatic nitrogens is 3. The lowest BCUT2D eigenvalue weighted by atomic mass is 10.1. The minimum atomic E-state index is -1.46. The van der Waals surface area contributed by atoms with Gasteiger partial charge in [-0.15, -0.1) is 0 Å². The summed E-state index contributed by atoms with van der Waals surface area (Å²) in [5.41, 5.74) is 0.347. The summed E-state index contributed by atoms with van der Waals surface area (Å²) in [5.74, 6) is 8.20. The number of hydrogen-bond acceptors (Lipinski definition) is 10. The van der Waals surface area contributed by atoms with Crippen molar-refractivity contribution in [2.24, 2.45) is 11.8 Å². The number of methoxy groups -OCH3 is 2. The number of ether oxygens (including phenoxy) is 2. The fourth-order valence-electron chi connectivity index (χ4n) is 4.58. The number of hydrogen-bond donors (Lipinski definition) is 5. The largest absolute Gasteiger partial charge is 0.481 e. The normalized spacial score (nSPS) is 29.0. The maximum absolute atomic E-state index is 10.6. The van der Waals surface area contributed by atoms with E-state index in [-0.39, 0.29) is 5.92 Å². The van der Waals surface area contributed by atoms with Crippen molar-refractivity contribution in [3.8, 4) is 23.6 Å². The maximum atomic E-state index is 10.6. The van der Waals surface area contributed by atoms with E-state index < -0.39 is 23.9 Å². The first-order valence-corrected chi connectivity index (χ1v) is 11.4. The Bertz CT molecular complexity index is 1160. The van der Waals surface area contributed by atoms with Gasteiger partial charge in [0.05, 0.1) is 43.2 Å². The summed E-state index contributed by atoms with van der Waals surface area (Å²) in [4.78, 5) is 13.5. The van der Waals surface area contributed by atoms with Crippen molar-refractivity contribution in [2.75, 3.05) is 31.4 Å². The molecule has 180 valence electrons. The van der Waals surface area contributed by atoms with Crippen LogP contribution in [-0.2, 0) is 0 Å². The Morgan fingerprint density at radius 1 is 1.09 bits per heavy atom. The average Bonchev–Trinajstić information content (AvgIpc) is 3.73. The molecule has 0 radical (unpaired) electrons. The number of pyridine rings is 1. The van der Waals surface area contributed by atoms with Gasteiger partial charge in [-0.3, -0.25) is 0 Å². The number of aryl methyl sites for hydroxylation is 1. The van der Waals surface area contributed by atoms with Crippen LogP contribution in [0, 0.1) is 30.6 Å². The van der Waals surface area contributed by atoms with Gasteiger partial charge >= 0.3 is 0 Å². The van der Waals surface area contributed by atoms with Gasteiger partial charge < -0.3 is 35.4 Å². The number of anilines is 2. The molecule has 2 heterocycles. The summed E-state index contributed by atoms with van der Waals surface area (Å²) < 4.78 is 10.5. The molecule has 0 spiro atoms. The van der Waals surface area contributed by atoms with E-state index in [0.29, 0.717) is 52.7 Å². The Kier molecular flexibility index (Phi) is 5.72. The van der Waals surface area contributed by atoms with E-state index in [9.17, 15) is 15.3 Å². The lowest BCUT2D eigenvalue weighted by Crippen LogP contribution is -2.42. The highest BCUT2D eigenvalue weighted by Crippen LogP contribution is 2.56. The van der Waals surface area contributed by atoms with E-state index in [1.54, 1.807) is 12.1 Å². The third kappa shape index (κ3) is 4.00. The Morgan fingerprint density at radius 2 is 1.88 bits per heavy atom. The minimum Gasteiger partial charge on any atom is -0.481 e. The number of nitrogens with one attached hydrogen (secondary N) is 2. The zero-order valence-electron chi connectivity index (χ0n) is 19.4. The maximum Gasteiger partial charge on any atom is 0.232 e. The second-order valence-electron chi connectivity index (χ2n) is 9.21. The van der Waals surface area contributed by atoms with Crippen molar-refractivity contribution in [1.29, 1.82) is 0 Å². The molecule has 3 fully saturated rings. The molecule has 5 N–H and O–H groups in total.